The lowest BCUT2D eigenvalue weighted by Crippen LogP contribution is -2.35. The summed E-state index contributed by atoms with van der Waals surface area (Å²) in [6, 6.07) is 6.77. The Hall–Kier alpha value is -1.86. The van der Waals surface area contributed by atoms with Crippen LogP contribution in [-0.4, -0.2) is 46.6 Å². The Morgan fingerprint density at radius 1 is 1.04 bits per heavy atom. The van der Waals surface area contributed by atoms with Crippen LogP contribution in [0.1, 0.15) is 43.7 Å². The van der Waals surface area contributed by atoms with Crippen LogP contribution in [0.2, 0.25) is 0 Å². The molecule has 0 unspecified atom stereocenters. The van der Waals surface area contributed by atoms with Gasteiger partial charge in [0.1, 0.15) is 17.8 Å². The minimum absolute atomic E-state index is 0.599. The maximum atomic E-state index is 5.59. The minimum atomic E-state index is 0.599. The van der Waals surface area contributed by atoms with Crippen molar-refractivity contribution in [2.45, 2.75) is 51.2 Å². The first-order valence-corrected chi connectivity index (χ1v) is 10.7. The summed E-state index contributed by atoms with van der Waals surface area (Å²) in [6.45, 7) is 3.05. The minimum Gasteiger partial charge on any atom is -0.497 e. The molecule has 2 fully saturated rings. The van der Waals surface area contributed by atoms with E-state index in [1.807, 2.05) is 17.1 Å². The highest BCUT2D eigenvalue weighted by atomic mass is 32.1. The van der Waals surface area contributed by atoms with Crippen LogP contribution in [0, 0.1) is 10.7 Å². The van der Waals surface area contributed by atoms with Gasteiger partial charge in [0.25, 0.3) is 0 Å². The summed E-state index contributed by atoms with van der Waals surface area (Å²) in [6.07, 6.45) is 9.13. The highest BCUT2D eigenvalue weighted by Gasteiger charge is 2.26. The normalized spacial score (nSPS) is 18.4. The van der Waals surface area contributed by atoms with E-state index in [1.54, 1.807) is 14.2 Å². The third kappa shape index (κ3) is 4.58. The molecular weight excluding hydrogens is 372 g/mol. The third-order valence-corrected chi connectivity index (χ3v) is 6.41. The number of aryl methyl sites for hydroxylation is 1. The second-order valence-electron chi connectivity index (χ2n) is 8.01. The standard InChI is InChI=1S/C21H30N4O2S/c1-26-19-11-17(12-20(13-19)27-2)4-3-16-7-9-23(10-8-16)15-25-21(28)24(14-22-25)18-5-6-18/h11-14,16,18H,3-10,15H2,1-2H3. The maximum absolute atomic E-state index is 5.59. The van der Waals surface area contributed by atoms with Crippen molar-refractivity contribution in [1.29, 1.82) is 0 Å². The number of hydrogen-bond donors (Lipinski definition) is 0. The smallest absolute Gasteiger partial charge is 0.199 e. The van der Waals surface area contributed by atoms with Gasteiger partial charge in [-0.2, -0.15) is 5.10 Å². The lowest BCUT2D eigenvalue weighted by Gasteiger charge is -2.31. The topological polar surface area (TPSA) is 44.5 Å². The van der Waals surface area contributed by atoms with Crippen LogP contribution >= 0.6 is 12.2 Å². The zero-order valence-corrected chi connectivity index (χ0v) is 17.7. The van der Waals surface area contributed by atoms with Crippen LogP contribution < -0.4 is 9.47 Å². The van der Waals surface area contributed by atoms with Gasteiger partial charge >= 0.3 is 0 Å². The molecule has 0 N–H and O–H groups in total. The number of aromatic nitrogens is 3. The van der Waals surface area contributed by atoms with Crippen molar-refractivity contribution in [1.82, 2.24) is 19.2 Å². The average molecular weight is 403 g/mol. The Morgan fingerprint density at radius 2 is 1.71 bits per heavy atom. The monoisotopic (exact) mass is 402 g/mol. The molecule has 0 spiro atoms. The molecule has 1 aromatic heterocycles. The van der Waals surface area contributed by atoms with Gasteiger partial charge in [-0.1, -0.05) is 0 Å². The molecule has 1 aromatic carbocycles. The fraction of sp³-hybridized carbons (Fsp3) is 0.619. The van der Waals surface area contributed by atoms with E-state index >= 15 is 0 Å². The predicted octanol–water partition coefficient (Wildman–Crippen LogP) is 4.07. The summed E-state index contributed by atoms with van der Waals surface area (Å²) < 4.78 is 15.8. The molecule has 1 saturated heterocycles. The van der Waals surface area contributed by atoms with Gasteiger partial charge in [-0.3, -0.25) is 4.90 Å². The van der Waals surface area contributed by atoms with Crippen molar-refractivity contribution < 1.29 is 9.47 Å². The van der Waals surface area contributed by atoms with E-state index in [4.69, 9.17) is 21.7 Å². The molecule has 0 radical (unpaired) electrons. The van der Waals surface area contributed by atoms with Crippen LogP contribution in [0.5, 0.6) is 11.5 Å². The fourth-order valence-corrected chi connectivity index (χ4v) is 4.34. The molecule has 0 bridgehead atoms. The second-order valence-corrected chi connectivity index (χ2v) is 8.38. The summed E-state index contributed by atoms with van der Waals surface area (Å²) in [5.74, 6) is 2.50. The summed E-state index contributed by atoms with van der Waals surface area (Å²) in [5, 5.41) is 4.51. The molecule has 1 saturated carbocycles. The summed E-state index contributed by atoms with van der Waals surface area (Å²) in [4.78, 5) is 2.48. The van der Waals surface area contributed by atoms with Crippen molar-refractivity contribution in [2.75, 3.05) is 27.3 Å². The van der Waals surface area contributed by atoms with Crippen molar-refractivity contribution in [3.63, 3.8) is 0 Å². The summed E-state index contributed by atoms with van der Waals surface area (Å²) >= 11 is 5.59. The molecule has 6 nitrogen and oxygen atoms in total. The average Bonchev–Trinajstić information content (AvgIpc) is 3.51. The maximum Gasteiger partial charge on any atom is 0.199 e. The van der Waals surface area contributed by atoms with E-state index < -0.39 is 0 Å². The largest absolute Gasteiger partial charge is 0.497 e. The summed E-state index contributed by atoms with van der Waals surface area (Å²) in [7, 11) is 3.41. The Kier molecular flexibility index (Phi) is 6.01. The third-order valence-electron chi connectivity index (χ3n) is 5.99. The van der Waals surface area contributed by atoms with Gasteiger partial charge in [-0.25, -0.2) is 4.68 Å². The highest BCUT2D eigenvalue weighted by Crippen LogP contribution is 2.34. The van der Waals surface area contributed by atoms with E-state index in [2.05, 4.69) is 26.7 Å². The van der Waals surface area contributed by atoms with Gasteiger partial charge in [0.2, 0.25) is 0 Å². The molecule has 1 aliphatic carbocycles. The number of nitrogens with zero attached hydrogens (tertiary/aromatic N) is 4. The van der Waals surface area contributed by atoms with Crippen LogP contribution in [0.15, 0.2) is 24.5 Å². The van der Waals surface area contributed by atoms with E-state index in [9.17, 15) is 0 Å². The van der Waals surface area contributed by atoms with Gasteiger partial charge < -0.3 is 14.0 Å². The Labute approximate surface area is 172 Å². The molecule has 0 atom stereocenters. The van der Waals surface area contributed by atoms with Gasteiger partial charge in [0, 0.05) is 25.2 Å². The van der Waals surface area contributed by atoms with Crippen LogP contribution in [0.25, 0.3) is 0 Å². The second kappa shape index (κ2) is 8.66. The number of ether oxygens (including phenoxy) is 2. The van der Waals surface area contributed by atoms with Gasteiger partial charge in [0.15, 0.2) is 4.77 Å². The lowest BCUT2D eigenvalue weighted by atomic mass is 9.90. The van der Waals surface area contributed by atoms with Crippen molar-refractivity contribution >= 4 is 12.2 Å². The number of benzene rings is 1. The van der Waals surface area contributed by atoms with Crippen molar-refractivity contribution in [3.8, 4) is 11.5 Å². The molecule has 28 heavy (non-hydrogen) atoms. The van der Waals surface area contributed by atoms with E-state index in [0.29, 0.717) is 6.04 Å². The zero-order valence-electron chi connectivity index (χ0n) is 16.8. The SMILES string of the molecule is COc1cc(CCC2CCN(Cn3ncn(C4CC4)c3=S)CC2)cc(OC)c1. The first kappa shape index (κ1) is 19.5. The molecule has 1 aliphatic heterocycles. The molecule has 2 heterocycles. The molecule has 2 aromatic rings. The predicted molar refractivity (Wildman–Crippen MR) is 111 cm³/mol. The number of rotatable bonds is 8. The first-order valence-electron chi connectivity index (χ1n) is 10.2. The van der Waals surface area contributed by atoms with Gasteiger partial charge in [-0.15, -0.1) is 0 Å². The molecule has 0 amide bonds. The van der Waals surface area contributed by atoms with E-state index in [0.717, 1.165) is 48.4 Å². The van der Waals surface area contributed by atoms with Crippen LogP contribution in [0.3, 0.4) is 0 Å². The number of hydrogen-bond acceptors (Lipinski definition) is 5. The van der Waals surface area contributed by atoms with Gasteiger partial charge in [-0.05, 0) is 74.4 Å². The van der Waals surface area contributed by atoms with E-state index in [-0.39, 0.29) is 0 Å². The zero-order chi connectivity index (χ0) is 19.5. The number of likely N-dealkylation sites (tertiary alicyclic amines) is 1. The molecule has 7 heteroatoms. The lowest BCUT2D eigenvalue weighted by molar-refractivity contribution is 0.136. The van der Waals surface area contributed by atoms with Crippen molar-refractivity contribution in [3.05, 3.63) is 34.9 Å². The number of methoxy groups -OCH3 is 2. The molecular formula is C21H30N4O2S. The molecule has 152 valence electrons. The molecule has 4 rings (SSSR count). The van der Waals surface area contributed by atoms with Gasteiger partial charge in [0.05, 0.1) is 20.9 Å². The van der Waals surface area contributed by atoms with Crippen LogP contribution in [0.4, 0.5) is 0 Å². The Morgan fingerprint density at radius 3 is 2.32 bits per heavy atom. The van der Waals surface area contributed by atoms with E-state index in [1.165, 1.54) is 37.7 Å². The Bertz CT molecular complexity index is 828. The first-order chi connectivity index (χ1) is 13.7. The molecule has 2 aliphatic rings. The number of piperidine rings is 1. The van der Waals surface area contributed by atoms with Crippen molar-refractivity contribution in [2.24, 2.45) is 5.92 Å². The van der Waals surface area contributed by atoms with Crippen LogP contribution in [-0.2, 0) is 13.1 Å². The quantitative estimate of drug-likeness (QED) is 0.623. The fourth-order valence-electron chi connectivity index (χ4n) is 4.04. The Balaban J connectivity index is 1.26. The summed E-state index contributed by atoms with van der Waals surface area (Å²) in [5.41, 5.74) is 1.29. The highest BCUT2D eigenvalue weighted by molar-refractivity contribution is 7.71.